The fraction of sp³-hybridized carbons (Fsp3) is 0.312. The average Bonchev–Trinajstić information content (AvgIpc) is 2.55. The number of aromatic nitrogens is 1. The van der Waals surface area contributed by atoms with E-state index < -0.39 is 0 Å². The summed E-state index contributed by atoms with van der Waals surface area (Å²) in [7, 11) is 0. The van der Waals surface area contributed by atoms with Crippen molar-refractivity contribution in [2.45, 2.75) is 6.61 Å². The minimum absolute atomic E-state index is 0.575. The van der Waals surface area contributed by atoms with Crippen molar-refractivity contribution in [3.8, 4) is 5.75 Å². The third-order valence-electron chi connectivity index (χ3n) is 3.47. The molecule has 1 aromatic carbocycles. The van der Waals surface area contributed by atoms with Crippen molar-refractivity contribution < 1.29 is 4.74 Å². The van der Waals surface area contributed by atoms with Crippen LogP contribution in [-0.4, -0.2) is 31.2 Å². The molecule has 1 aromatic heterocycles. The van der Waals surface area contributed by atoms with Crippen LogP contribution in [-0.2, 0) is 6.61 Å². The van der Waals surface area contributed by atoms with Gasteiger partial charge in [0.15, 0.2) is 0 Å². The number of para-hydroxylation sites is 2. The molecule has 0 amide bonds. The molecular formula is C16H19N3O. The van der Waals surface area contributed by atoms with Crippen LogP contribution in [0.25, 0.3) is 0 Å². The predicted octanol–water partition coefficient (Wildman–Crippen LogP) is 2.07. The number of anilines is 1. The van der Waals surface area contributed by atoms with Crippen LogP contribution in [0.5, 0.6) is 5.75 Å². The first-order valence-electron chi connectivity index (χ1n) is 7.00. The molecule has 3 rings (SSSR count). The molecule has 4 heteroatoms. The zero-order chi connectivity index (χ0) is 13.6. The number of benzene rings is 1. The van der Waals surface area contributed by atoms with Crippen molar-refractivity contribution in [1.82, 2.24) is 10.3 Å². The highest BCUT2D eigenvalue weighted by molar-refractivity contribution is 5.58. The number of nitrogens with one attached hydrogen (secondary N) is 1. The van der Waals surface area contributed by atoms with Crippen LogP contribution in [0, 0.1) is 0 Å². The molecule has 0 spiro atoms. The van der Waals surface area contributed by atoms with Gasteiger partial charge < -0.3 is 15.0 Å². The first-order valence-corrected chi connectivity index (χ1v) is 7.00. The standard InChI is InChI=1S/C16H19N3O/c1-2-4-16(20-13-14-5-7-17-8-6-14)15(3-1)19-11-9-18-10-12-19/h1-8,18H,9-13H2. The highest BCUT2D eigenvalue weighted by Gasteiger charge is 2.14. The summed E-state index contributed by atoms with van der Waals surface area (Å²) in [6.07, 6.45) is 3.59. The van der Waals surface area contributed by atoms with E-state index in [1.807, 2.05) is 24.3 Å². The molecule has 4 nitrogen and oxygen atoms in total. The molecule has 2 heterocycles. The van der Waals surface area contributed by atoms with Gasteiger partial charge in [0.05, 0.1) is 5.69 Å². The molecule has 104 valence electrons. The van der Waals surface area contributed by atoms with Crippen LogP contribution in [0.3, 0.4) is 0 Å². The largest absolute Gasteiger partial charge is 0.487 e. The maximum absolute atomic E-state index is 5.99. The van der Waals surface area contributed by atoms with Gasteiger partial charge in [-0.3, -0.25) is 4.98 Å². The van der Waals surface area contributed by atoms with Gasteiger partial charge in [0.2, 0.25) is 0 Å². The Kier molecular flexibility index (Phi) is 4.13. The molecule has 0 aliphatic carbocycles. The van der Waals surface area contributed by atoms with Gasteiger partial charge in [-0.2, -0.15) is 0 Å². The lowest BCUT2D eigenvalue weighted by molar-refractivity contribution is 0.306. The summed E-state index contributed by atoms with van der Waals surface area (Å²) in [5.41, 5.74) is 2.32. The monoisotopic (exact) mass is 269 g/mol. The molecule has 1 fully saturated rings. The molecule has 0 atom stereocenters. The van der Waals surface area contributed by atoms with E-state index in [4.69, 9.17) is 4.74 Å². The Hall–Kier alpha value is -2.07. The molecular weight excluding hydrogens is 250 g/mol. The summed E-state index contributed by atoms with van der Waals surface area (Å²) in [6, 6.07) is 12.2. The third kappa shape index (κ3) is 3.08. The van der Waals surface area contributed by atoms with Crippen molar-refractivity contribution in [2.75, 3.05) is 31.1 Å². The maximum atomic E-state index is 5.99. The number of piperazine rings is 1. The molecule has 20 heavy (non-hydrogen) atoms. The molecule has 0 bridgehead atoms. The second-order valence-electron chi connectivity index (χ2n) is 4.85. The maximum Gasteiger partial charge on any atom is 0.143 e. The molecule has 0 unspecified atom stereocenters. The van der Waals surface area contributed by atoms with Gasteiger partial charge in [-0.05, 0) is 29.8 Å². The lowest BCUT2D eigenvalue weighted by Gasteiger charge is -2.30. The molecule has 0 saturated carbocycles. The number of rotatable bonds is 4. The molecule has 1 aliphatic heterocycles. The summed E-state index contributed by atoms with van der Waals surface area (Å²) in [5.74, 6) is 0.950. The Labute approximate surface area is 119 Å². The quantitative estimate of drug-likeness (QED) is 0.922. The van der Waals surface area contributed by atoms with Gasteiger partial charge in [0, 0.05) is 38.6 Å². The first-order chi connectivity index (χ1) is 9.93. The number of nitrogens with zero attached hydrogens (tertiary/aromatic N) is 2. The minimum Gasteiger partial charge on any atom is -0.487 e. The van der Waals surface area contributed by atoms with Crippen molar-refractivity contribution in [3.05, 3.63) is 54.4 Å². The van der Waals surface area contributed by atoms with E-state index in [2.05, 4.69) is 27.3 Å². The lowest BCUT2D eigenvalue weighted by Crippen LogP contribution is -2.43. The Balaban J connectivity index is 1.72. The van der Waals surface area contributed by atoms with Crippen LogP contribution in [0.1, 0.15) is 5.56 Å². The van der Waals surface area contributed by atoms with Crippen molar-refractivity contribution in [3.63, 3.8) is 0 Å². The van der Waals surface area contributed by atoms with Gasteiger partial charge in [-0.25, -0.2) is 0 Å². The number of pyridine rings is 1. The van der Waals surface area contributed by atoms with Crippen LogP contribution >= 0.6 is 0 Å². The fourth-order valence-electron chi connectivity index (χ4n) is 2.39. The van der Waals surface area contributed by atoms with E-state index >= 15 is 0 Å². The second kappa shape index (κ2) is 6.39. The SMILES string of the molecule is c1ccc(N2CCNCC2)c(OCc2ccncc2)c1. The Bertz CT molecular complexity index is 538. The van der Waals surface area contributed by atoms with E-state index in [1.54, 1.807) is 12.4 Å². The Morgan fingerprint density at radius 2 is 1.80 bits per heavy atom. The van der Waals surface area contributed by atoms with Crippen molar-refractivity contribution in [1.29, 1.82) is 0 Å². The summed E-state index contributed by atoms with van der Waals surface area (Å²) in [6.45, 7) is 4.67. The zero-order valence-electron chi connectivity index (χ0n) is 11.5. The van der Waals surface area contributed by atoms with Crippen LogP contribution in [0.4, 0.5) is 5.69 Å². The smallest absolute Gasteiger partial charge is 0.143 e. The molecule has 2 aromatic rings. The number of hydrogen-bond donors (Lipinski definition) is 1. The highest BCUT2D eigenvalue weighted by Crippen LogP contribution is 2.28. The summed E-state index contributed by atoms with van der Waals surface area (Å²) in [4.78, 5) is 6.39. The van der Waals surface area contributed by atoms with Crippen LogP contribution in [0.2, 0.25) is 0 Å². The van der Waals surface area contributed by atoms with Gasteiger partial charge in [-0.1, -0.05) is 12.1 Å². The lowest BCUT2D eigenvalue weighted by atomic mass is 10.2. The average molecular weight is 269 g/mol. The molecule has 1 saturated heterocycles. The van der Waals surface area contributed by atoms with Crippen molar-refractivity contribution in [2.24, 2.45) is 0 Å². The topological polar surface area (TPSA) is 37.4 Å². The number of hydrogen-bond acceptors (Lipinski definition) is 4. The molecule has 0 radical (unpaired) electrons. The third-order valence-corrected chi connectivity index (χ3v) is 3.47. The van der Waals surface area contributed by atoms with E-state index in [0.717, 1.165) is 37.5 Å². The Morgan fingerprint density at radius 3 is 2.60 bits per heavy atom. The van der Waals surface area contributed by atoms with Crippen LogP contribution in [0.15, 0.2) is 48.8 Å². The van der Waals surface area contributed by atoms with Gasteiger partial charge in [0.25, 0.3) is 0 Å². The molecule has 1 N–H and O–H groups in total. The first kappa shape index (κ1) is 12.9. The van der Waals surface area contributed by atoms with E-state index in [9.17, 15) is 0 Å². The van der Waals surface area contributed by atoms with Gasteiger partial charge in [0.1, 0.15) is 12.4 Å². The number of ether oxygens (including phenoxy) is 1. The Morgan fingerprint density at radius 1 is 1.05 bits per heavy atom. The fourth-order valence-corrected chi connectivity index (χ4v) is 2.39. The zero-order valence-corrected chi connectivity index (χ0v) is 11.5. The summed E-state index contributed by atoms with van der Waals surface area (Å²) in [5, 5.41) is 3.37. The van der Waals surface area contributed by atoms with Gasteiger partial charge in [-0.15, -0.1) is 0 Å². The van der Waals surface area contributed by atoms with E-state index in [-0.39, 0.29) is 0 Å². The van der Waals surface area contributed by atoms with Crippen molar-refractivity contribution >= 4 is 5.69 Å². The summed E-state index contributed by atoms with van der Waals surface area (Å²) >= 11 is 0. The minimum atomic E-state index is 0.575. The van der Waals surface area contributed by atoms with E-state index in [0.29, 0.717) is 6.61 Å². The normalized spacial score (nSPS) is 15.1. The molecule has 1 aliphatic rings. The summed E-state index contributed by atoms with van der Waals surface area (Å²) < 4.78 is 5.99. The second-order valence-corrected chi connectivity index (χ2v) is 4.85. The van der Waals surface area contributed by atoms with Crippen LogP contribution < -0.4 is 15.0 Å². The highest BCUT2D eigenvalue weighted by atomic mass is 16.5. The van der Waals surface area contributed by atoms with E-state index in [1.165, 1.54) is 5.69 Å². The predicted molar refractivity (Wildman–Crippen MR) is 80.1 cm³/mol. The van der Waals surface area contributed by atoms with Gasteiger partial charge >= 0.3 is 0 Å².